The molecule has 0 saturated carbocycles. The van der Waals surface area contributed by atoms with E-state index in [-0.39, 0.29) is 0 Å². The minimum absolute atomic E-state index is 0.714. The van der Waals surface area contributed by atoms with E-state index in [9.17, 15) is 0 Å². The maximum absolute atomic E-state index is 5.96. The van der Waals surface area contributed by atoms with E-state index in [0.717, 1.165) is 35.4 Å². The molecule has 2 rings (SSSR count). The maximum atomic E-state index is 5.96. The Morgan fingerprint density at radius 1 is 1.33 bits per heavy atom. The molecule has 0 aliphatic heterocycles. The highest BCUT2D eigenvalue weighted by atomic mass is 16.5. The van der Waals surface area contributed by atoms with Crippen LogP contribution in [0.15, 0.2) is 30.5 Å². The normalized spacial score (nSPS) is 10.8. The van der Waals surface area contributed by atoms with E-state index in [4.69, 9.17) is 10.5 Å². The molecule has 0 amide bonds. The molecule has 1 heterocycles. The van der Waals surface area contributed by atoms with Gasteiger partial charge in [-0.2, -0.15) is 0 Å². The van der Waals surface area contributed by atoms with Gasteiger partial charge in [0.2, 0.25) is 0 Å². The predicted octanol–water partition coefficient (Wildman–Crippen LogP) is 2.29. The van der Waals surface area contributed by atoms with Crippen molar-refractivity contribution in [3.05, 3.63) is 30.5 Å². The molecule has 1 aromatic carbocycles. The van der Waals surface area contributed by atoms with E-state index in [2.05, 4.69) is 9.88 Å². The number of benzene rings is 1. The van der Waals surface area contributed by atoms with Crippen molar-refractivity contribution in [2.75, 3.05) is 37.4 Å². The van der Waals surface area contributed by atoms with Crippen molar-refractivity contribution in [2.45, 2.75) is 6.92 Å². The van der Waals surface area contributed by atoms with Crippen LogP contribution in [0.2, 0.25) is 0 Å². The van der Waals surface area contributed by atoms with Gasteiger partial charge in [0, 0.05) is 37.5 Å². The first-order chi connectivity index (χ1) is 8.74. The van der Waals surface area contributed by atoms with Crippen molar-refractivity contribution in [3.8, 4) is 0 Å². The first-order valence-corrected chi connectivity index (χ1v) is 6.16. The molecule has 4 nitrogen and oxygen atoms in total. The molecule has 0 atom stereocenters. The Morgan fingerprint density at radius 3 is 2.94 bits per heavy atom. The first-order valence-electron chi connectivity index (χ1n) is 6.16. The fourth-order valence-electron chi connectivity index (χ4n) is 1.95. The van der Waals surface area contributed by atoms with Crippen LogP contribution < -0.4 is 10.6 Å². The smallest absolute Gasteiger partial charge is 0.0955 e. The number of nitrogens with two attached hydrogens (primary N) is 1. The molecule has 2 aromatic rings. The van der Waals surface area contributed by atoms with Gasteiger partial charge in [-0.25, -0.2) is 0 Å². The van der Waals surface area contributed by atoms with Crippen molar-refractivity contribution in [3.63, 3.8) is 0 Å². The van der Waals surface area contributed by atoms with Gasteiger partial charge in [0.1, 0.15) is 0 Å². The van der Waals surface area contributed by atoms with Crippen LogP contribution in [0, 0.1) is 0 Å². The topological polar surface area (TPSA) is 51.4 Å². The number of nitrogen functional groups attached to an aromatic ring is 1. The van der Waals surface area contributed by atoms with E-state index < -0.39 is 0 Å². The molecule has 4 heteroatoms. The van der Waals surface area contributed by atoms with Gasteiger partial charge in [0.25, 0.3) is 0 Å². The number of aromatic nitrogens is 1. The van der Waals surface area contributed by atoms with Crippen LogP contribution in [-0.4, -0.2) is 31.8 Å². The molecule has 0 spiro atoms. The van der Waals surface area contributed by atoms with E-state index in [1.165, 1.54) is 0 Å². The highest BCUT2D eigenvalue weighted by Crippen LogP contribution is 2.28. The van der Waals surface area contributed by atoms with Crippen LogP contribution >= 0.6 is 0 Å². The van der Waals surface area contributed by atoms with Crippen LogP contribution in [0.3, 0.4) is 0 Å². The zero-order valence-corrected chi connectivity index (χ0v) is 10.9. The summed E-state index contributed by atoms with van der Waals surface area (Å²) in [6.07, 6.45) is 1.79. The molecule has 0 radical (unpaired) electrons. The number of hydrogen-bond donors (Lipinski definition) is 1. The first kappa shape index (κ1) is 12.6. The summed E-state index contributed by atoms with van der Waals surface area (Å²) >= 11 is 0. The third-order valence-electron chi connectivity index (χ3n) is 2.97. The Labute approximate surface area is 107 Å². The van der Waals surface area contributed by atoms with Gasteiger partial charge < -0.3 is 15.4 Å². The van der Waals surface area contributed by atoms with Gasteiger partial charge in [-0.1, -0.05) is 0 Å². The number of fused-ring (bicyclic) bond motifs is 1. The largest absolute Gasteiger partial charge is 0.398 e. The van der Waals surface area contributed by atoms with Gasteiger partial charge in [-0.15, -0.1) is 0 Å². The molecular formula is C14H19N3O. The summed E-state index contributed by atoms with van der Waals surface area (Å²) in [5.74, 6) is 0. The minimum atomic E-state index is 0.714. The number of pyridine rings is 1. The molecule has 0 aliphatic rings. The zero-order valence-electron chi connectivity index (χ0n) is 10.9. The van der Waals surface area contributed by atoms with Gasteiger partial charge in [-0.3, -0.25) is 4.98 Å². The number of hydrogen-bond acceptors (Lipinski definition) is 4. The molecule has 96 valence electrons. The van der Waals surface area contributed by atoms with Crippen LogP contribution in [-0.2, 0) is 4.74 Å². The summed E-state index contributed by atoms with van der Waals surface area (Å²) in [7, 11) is 2.04. The lowest BCUT2D eigenvalue weighted by Crippen LogP contribution is -2.23. The van der Waals surface area contributed by atoms with Crippen molar-refractivity contribution < 1.29 is 4.74 Å². The van der Waals surface area contributed by atoms with Crippen molar-refractivity contribution >= 4 is 22.3 Å². The molecule has 0 unspecified atom stereocenters. The zero-order chi connectivity index (χ0) is 13.0. The highest BCUT2D eigenvalue weighted by Gasteiger charge is 2.08. The third-order valence-corrected chi connectivity index (χ3v) is 2.97. The monoisotopic (exact) mass is 245 g/mol. The lowest BCUT2D eigenvalue weighted by atomic mass is 10.1. The second-order valence-corrected chi connectivity index (χ2v) is 4.19. The van der Waals surface area contributed by atoms with Crippen LogP contribution in [0.25, 0.3) is 10.9 Å². The minimum Gasteiger partial charge on any atom is -0.398 e. The Morgan fingerprint density at radius 2 is 2.17 bits per heavy atom. The standard InChI is InChI=1S/C14H19N3O/c1-3-18-10-9-17(2)13-7-6-12(15)11-5-4-8-16-14(11)13/h4-8H,3,9-10,15H2,1-2H3. The lowest BCUT2D eigenvalue weighted by Gasteiger charge is -2.20. The van der Waals surface area contributed by atoms with Crippen molar-refractivity contribution in [2.24, 2.45) is 0 Å². The number of likely N-dealkylation sites (N-methyl/N-ethyl adjacent to an activating group) is 1. The van der Waals surface area contributed by atoms with E-state index in [0.29, 0.717) is 6.61 Å². The van der Waals surface area contributed by atoms with E-state index in [1.54, 1.807) is 6.20 Å². The van der Waals surface area contributed by atoms with Gasteiger partial charge >= 0.3 is 0 Å². The highest BCUT2D eigenvalue weighted by molar-refractivity contribution is 5.98. The number of nitrogens with zero attached hydrogens (tertiary/aromatic N) is 2. The number of anilines is 2. The summed E-state index contributed by atoms with van der Waals surface area (Å²) < 4.78 is 5.37. The number of rotatable bonds is 5. The summed E-state index contributed by atoms with van der Waals surface area (Å²) in [5, 5.41) is 0.998. The van der Waals surface area contributed by atoms with Gasteiger partial charge in [-0.05, 0) is 31.2 Å². The predicted molar refractivity (Wildman–Crippen MR) is 75.9 cm³/mol. The molecule has 0 saturated heterocycles. The SMILES string of the molecule is CCOCCN(C)c1ccc(N)c2cccnc12. The van der Waals surface area contributed by atoms with E-state index >= 15 is 0 Å². The van der Waals surface area contributed by atoms with Crippen molar-refractivity contribution in [1.29, 1.82) is 0 Å². The van der Waals surface area contributed by atoms with Gasteiger partial charge in [0.05, 0.1) is 17.8 Å². The Kier molecular flexibility index (Phi) is 3.99. The molecule has 2 N–H and O–H groups in total. The maximum Gasteiger partial charge on any atom is 0.0955 e. The second kappa shape index (κ2) is 5.69. The lowest BCUT2D eigenvalue weighted by molar-refractivity contribution is 0.154. The summed E-state index contributed by atoms with van der Waals surface area (Å²) in [4.78, 5) is 6.57. The third kappa shape index (κ3) is 2.54. The quantitative estimate of drug-likeness (QED) is 0.648. The number of ether oxygens (including phenoxy) is 1. The van der Waals surface area contributed by atoms with Crippen LogP contribution in [0.5, 0.6) is 0 Å². The summed E-state index contributed by atoms with van der Waals surface area (Å²) in [6.45, 7) is 4.30. The molecular weight excluding hydrogens is 226 g/mol. The van der Waals surface area contributed by atoms with Gasteiger partial charge in [0.15, 0.2) is 0 Å². The molecule has 1 aromatic heterocycles. The molecule has 0 fully saturated rings. The Hall–Kier alpha value is -1.81. The van der Waals surface area contributed by atoms with Crippen molar-refractivity contribution in [1.82, 2.24) is 4.98 Å². The van der Waals surface area contributed by atoms with Crippen LogP contribution in [0.4, 0.5) is 11.4 Å². The molecule has 18 heavy (non-hydrogen) atoms. The Bertz CT molecular complexity index is 527. The summed E-state index contributed by atoms with van der Waals surface area (Å²) in [5.41, 5.74) is 8.75. The van der Waals surface area contributed by atoms with E-state index in [1.807, 2.05) is 38.2 Å². The fraction of sp³-hybridized carbons (Fsp3) is 0.357. The molecule has 0 bridgehead atoms. The van der Waals surface area contributed by atoms with Crippen LogP contribution in [0.1, 0.15) is 6.92 Å². The average Bonchev–Trinajstić information content (AvgIpc) is 2.39. The molecule has 0 aliphatic carbocycles. The fourth-order valence-corrected chi connectivity index (χ4v) is 1.95. The average molecular weight is 245 g/mol. The summed E-state index contributed by atoms with van der Waals surface area (Å²) in [6, 6.07) is 7.84. The Balaban J connectivity index is 2.30. The second-order valence-electron chi connectivity index (χ2n) is 4.19.